The number of likely N-dealkylation sites (N-methyl/N-ethyl adjacent to an activating group) is 1. The molecule has 1 aliphatic heterocycles. The number of hydrogen-bond acceptors (Lipinski definition) is 4. The van der Waals surface area contributed by atoms with E-state index in [-0.39, 0.29) is 5.91 Å². The topological polar surface area (TPSA) is 52.6 Å². The third kappa shape index (κ3) is 4.31. The Hall–Kier alpha value is -0.260. The van der Waals surface area contributed by atoms with Crippen LogP contribution in [-0.4, -0.2) is 59.2 Å². The molecule has 0 saturated carbocycles. The summed E-state index contributed by atoms with van der Waals surface area (Å²) >= 11 is 1.74. The molecule has 1 atom stereocenters. The number of nitrogens with one attached hydrogen (secondary N) is 1. The van der Waals surface area contributed by atoms with Crippen molar-refractivity contribution in [2.45, 2.75) is 31.9 Å². The third-order valence-electron chi connectivity index (χ3n) is 2.97. The molecule has 1 fully saturated rings. The van der Waals surface area contributed by atoms with E-state index in [1.54, 1.807) is 11.8 Å². The van der Waals surface area contributed by atoms with Crippen LogP contribution in [0.4, 0.5) is 0 Å². The van der Waals surface area contributed by atoms with Crippen molar-refractivity contribution < 1.29 is 9.90 Å². The molecule has 2 N–H and O–H groups in total. The van der Waals surface area contributed by atoms with E-state index in [0.29, 0.717) is 19.1 Å². The van der Waals surface area contributed by atoms with Gasteiger partial charge in [-0.3, -0.25) is 9.69 Å². The molecule has 0 aliphatic carbocycles. The van der Waals surface area contributed by atoms with Crippen LogP contribution in [0, 0.1) is 0 Å². The summed E-state index contributed by atoms with van der Waals surface area (Å²) in [6.45, 7) is 4.87. The molecule has 1 amide bonds. The van der Waals surface area contributed by atoms with Gasteiger partial charge in [0.2, 0.25) is 5.91 Å². The van der Waals surface area contributed by atoms with Gasteiger partial charge in [0.05, 0.1) is 12.1 Å². The third-order valence-corrected chi connectivity index (χ3v) is 4.21. The van der Waals surface area contributed by atoms with Gasteiger partial charge in [-0.1, -0.05) is 0 Å². The second-order valence-corrected chi connectivity index (χ2v) is 5.92. The monoisotopic (exact) mass is 246 g/mol. The van der Waals surface area contributed by atoms with Crippen LogP contribution >= 0.6 is 11.8 Å². The van der Waals surface area contributed by atoms with E-state index in [1.807, 2.05) is 11.9 Å². The normalized spacial score (nSPS) is 25.4. The second-order valence-electron chi connectivity index (χ2n) is 4.81. The lowest BCUT2D eigenvalue weighted by Gasteiger charge is -2.24. The van der Waals surface area contributed by atoms with E-state index in [1.165, 1.54) is 0 Å². The number of nitrogens with zero attached hydrogens (tertiary/aromatic N) is 1. The molecule has 1 aliphatic rings. The van der Waals surface area contributed by atoms with Gasteiger partial charge in [-0.15, -0.1) is 0 Å². The number of amides is 1. The number of rotatable bonds is 5. The second kappa shape index (κ2) is 5.89. The number of carbonyl (C=O) groups is 1. The van der Waals surface area contributed by atoms with Crippen molar-refractivity contribution in [1.82, 2.24) is 10.2 Å². The fourth-order valence-electron chi connectivity index (χ4n) is 1.46. The van der Waals surface area contributed by atoms with Crippen LogP contribution in [0.2, 0.25) is 0 Å². The van der Waals surface area contributed by atoms with Crippen LogP contribution in [-0.2, 0) is 4.79 Å². The van der Waals surface area contributed by atoms with Crippen LogP contribution in [0.15, 0.2) is 0 Å². The fourth-order valence-corrected chi connectivity index (χ4v) is 2.76. The zero-order valence-electron chi connectivity index (χ0n) is 10.3. The summed E-state index contributed by atoms with van der Waals surface area (Å²) in [5.74, 6) is 1.70. The number of hydrogen-bond donors (Lipinski definition) is 2. The molecule has 0 aromatic rings. The van der Waals surface area contributed by atoms with Crippen molar-refractivity contribution in [2.75, 3.05) is 31.6 Å². The molecule has 0 bridgehead atoms. The zero-order valence-corrected chi connectivity index (χ0v) is 11.1. The fraction of sp³-hybridized carbons (Fsp3) is 0.909. The standard InChI is InChI=1S/C11H22N2O2S/c1-9(2)13(3)6-10(14)12-7-11(15)4-5-16-8-11/h9,15H,4-8H2,1-3H3,(H,12,14)/t11-/m0/s1. The number of thioether (sulfide) groups is 1. The SMILES string of the molecule is CC(C)N(C)CC(=O)NC[C@@]1(O)CCSC1. The Morgan fingerprint density at radius 1 is 1.62 bits per heavy atom. The highest BCUT2D eigenvalue weighted by atomic mass is 32.2. The highest BCUT2D eigenvalue weighted by Crippen LogP contribution is 2.26. The number of carbonyl (C=O) groups excluding carboxylic acids is 1. The maximum atomic E-state index is 11.6. The van der Waals surface area contributed by atoms with Crippen LogP contribution < -0.4 is 5.32 Å². The largest absolute Gasteiger partial charge is 0.387 e. The molecule has 5 heteroatoms. The van der Waals surface area contributed by atoms with E-state index >= 15 is 0 Å². The maximum absolute atomic E-state index is 11.6. The van der Waals surface area contributed by atoms with Crippen molar-refractivity contribution in [2.24, 2.45) is 0 Å². The van der Waals surface area contributed by atoms with Gasteiger partial charge in [-0.2, -0.15) is 11.8 Å². The first-order valence-electron chi connectivity index (χ1n) is 5.70. The molecule has 0 radical (unpaired) electrons. The van der Waals surface area contributed by atoms with Crippen LogP contribution in [0.5, 0.6) is 0 Å². The van der Waals surface area contributed by atoms with Crippen molar-refractivity contribution >= 4 is 17.7 Å². The maximum Gasteiger partial charge on any atom is 0.234 e. The first-order valence-corrected chi connectivity index (χ1v) is 6.85. The van der Waals surface area contributed by atoms with Crippen molar-refractivity contribution in [3.05, 3.63) is 0 Å². The summed E-state index contributed by atoms with van der Waals surface area (Å²) in [4.78, 5) is 13.6. The summed E-state index contributed by atoms with van der Waals surface area (Å²) in [6, 6.07) is 0.357. The van der Waals surface area contributed by atoms with Gasteiger partial charge < -0.3 is 10.4 Å². The van der Waals surface area contributed by atoms with Gasteiger partial charge in [0, 0.05) is 18.3 Å². The minimum Gasteiger partial charge on any atom is -0.387 e. The molecule has 0 aromatic heterocycles. The molecule has 1 heterocycles. The Morgan fingerprint density at radius 3 is 2.81 bits per heavy atom. The lowest BCUT2D eigenvalue weighted by molar-refractivity contribution is -0.123. The van der Waals surface area contributed by atoms with Crippen LogP contribution in [0.1, 0.15) is 20.3 Å². The predicted octanol–water partition coefficient (Wildman–Crippen LogP) is 0.311. The Kier molecular flexibility index (Phi) is 5.08. The Morgan fingerprint density at radius 2 is 2.31 bits per heavy atom. The van der Waals surface area contributed by atoms with E-state index < -0.39 is 5.60 Å². The van der Waals surface area contributed by atoms with E-state index in [2.05, 4.69) is 19.2 Å². The van der Waals surface area contributed by atoms with Crippen molar-refractivity contribution in [3.63, 3.8) is 0 Å². The molecule has 0 spiro atoms. The van der Waals surface area contributed by atoms with Gasteiger partial charge in [0.15, 0.2) is 0 Å². The molecule has 16 heavy (non-hydrogen) atoms. The highest BCUT2D eigenvalue weighted by molar-refractivity contribution is 7.99. The van der Waals surface area contributed by atoms with Crippen molar-refractivity contribution in [3.8, 4) is 0 Å². The highest BCUT2D eigenvalue weighted by Gasteiger charge is 2.31. The summed E-state index contributed by atoms with van der Waals surface area (Å²) in [6.07, 6.45) is 0.776. The smallest absolute Gasteiger partial charge is 0.234 e. The first-order chi connectivity index (χ1) is 7.43. The molecular formula is C11H22N2O2S. The van der Waals surface area contributed by atoms with E-state index in [0.717, 1.165) is 17.9 Å². The Balaban J connectivity index is 2.24. The van der Waals surface area contributed by atoms with Gasteiger partial charge >= 0.3 is 0 Å². The minimum atomic E-state index is -0.684. The van der Waals surface area contributed by atoms with Gasteiger partial charge in [-0.05, 0) is 33.1 Å². The van der Waals surface area contributed by atoms with Crippen molar-refractivity contribution in [1.29, 1.82) is 0 Å². The number of aliphatic hydroxyl groups is 1. The molecule has 4 nitrogen and oxygen atoms in total. The zero-order chi connectivity index (χ0) is 12.2. The molecule has 1 rings (SSSR count). The molecule has 94 valence electrons. The van der Waals surface area contributed by atoms with Crippen LogP contribution in [0.25, 0.3) is 0 Å². The summed E-state index contributed by atoms with van der Waals surface area (Å²) in [5, 5.41) is 12.8. The molecular weight excluding hydrogens is 224 g/mol. The molecule has 0 unspecified atom stereocenters. The average Bonchev–Trinajstić information content (AvgIpc) is 2.63. The van der Waals surface area contributed by atoms with Gasteiger partial charge in [-0.25, -0.2) is 0 Å². The summed E-state index contributed by atoms with van der Waals surface area (Å²) in [7, 11) is 1.92. The Labute approximate surface area is 102 Å². The first kappa shape index (κ1) is 13.8. The quantitative estimate of drug-likeness (QED) is 0.733. The molecule has 1 saturated heterocycles. The molecule has 0 aromatic carbocycles. The summed E-state index contributed by atoms with van der Waals surface area (Å²) in [5.41, 5.74) is -0.684. The summed E-state index contributed by atoms with van der Waals surface area (Å²) < 4.78 is 0. The van der Waals surface area contributed by atoms with Crippen LogP contribution in [0.3, 0.4) is 0 Å². The Bertz CT molecular complexity index is 240. The lowest BCUT2D eigenvalue weighted by Crippen LogP contribution is -2.46. The average molecular weight is 246 g/mol. The van der Waals surface area contributed by atoms with Gasteiger partial charge in [0.1, 0.15) is 0 Å². The lowest BCUT2D eigenvalue weighted by atomic mass is 10.0. The van der Waals surface area contributed by atoms with E-state index in [9.17, 15) is 9.90 Å². The van der Waals surface area contributed by atoms with E-state index in [4.69, 9.17) is 0 Å². The van der Waals surface area contributed by atoms with Gasteiger partial charge in [0.25, 0.3) is 0 Å². The predicted molar refractivity (Wildman–Crippen MR) is 67.7 cm³/mol. The minimum absolute atomic E-state index is 0.0125.